The summed E-state index contributed by atoms with van der Waals surface area (Å²) in [7, 11) is 0. The van der Waals surface area contributed by atoms with Crippen molar-refractivity contribution < 1.29 is 0 Å². The SMILES string of the molecule is CCC1NC(N)=NCC1C. The molecule has 0 fully saturated rings. The van der Waals surface area contributed by atoms with Crippen LogP contribution in [-0.4, -0.2) is 18.5 Å². The first-order chi connectivity index (χ1) is 4.74. The van der Waals surface area contributed by atoms with Gasteiger partial charge >= 0.3 is 0 Å². The van der Waals surface area contributed by atoms with Crippen molar-refractivity contribution in [2.75, 3.05) is 6.54 Å². The van der Waals surface area contributed by atoms with Crippen molar-refractivity contribution in [2.45, 2.75) is 26.3 Å². The predicted octanol–water partition coefficient (Wildman–Crippen LogP) is 0.319. The molecule has 0 bridgehead atoms. The standard InChI is InChI=1S/C7H15N3/c1-3-6-5(2)4-9-7(8)10-6/h5-6H,3-4H2,1-2H3,(H3,8,9,10). The van der Waals surface area contributed by atoms with Crippen LogP contribution in [0.1, 0.15) is 20.3 Å². The molecule has 1 aliphatic rings. The predicted molar refractivity (Wildman–Crippen MR) is 42.9 cm³/mol. The minimum Gasteiger partial charge on any atom is -0.370 e. The lowest BCUT2D eigenvalue weighted by Gasteiger charge is -2.27. The highest BCUT2D eigenvalue weighted by molar-refractivity contribution is 5.78. The van der Waals surface area contributed by atoms with Crippen LogP contribution < -0.4 is 11.1 Å². The first kappa shape index (κ1) is 7.38. The van der Waals surface area contributed by atoms with Crippen LogP contribution in [0.15, 0.2) is 4.99 Å². The van der Waals surface area contributed by atoms with E-state index >= 15 is 0 Å². The van der Waals surface area contributed by atoms with E-state index in [4.69, 9.17) is 5.73 Å². The zero-order valence-electron chi connectivity index (χ0n) is 6.59. The van der Waals surface area contributed by atoms with Gasteiger partial charge in [0.1, 0.15) is 0 Å². The Labute approximate surface area is 61.7 Å². The van der Waals surface area contributed by atoms with Crippen LogP contribution in [0.4, 0.5) is 0 Å². The maximum Gasteiger partial charge on any atom is 0.188 e. The normalized spacial score (nSPS) is 32.8. The Morgan fingerprint density at radius 2 is 2.50 bits per heavy atom. The lowest BCUT2D eigenvalue weighted by molar-refractivity contribution is 0.400. The lowest BCUT2D eigenvalue weighted by Crippen LogP contribution is -2.47. The van der Waals surface area contributed by atoms with Crippen molar-refractivity contribution in [1.82, 2.24) is 5.32 Å². The molecule has 0 aromatic carbocycles. The van der Waals surface area contributed by atoms with Crippen LogP contribution in [0.2, 0.25) is 0 Å². The summed E-state index contributed by atoms with van der Waals surface area (Å²) in [6, 6.07) is 0.525. The Kier molecular flexibility index (Phi) is 2.14. The monoisotopic (exact) mass is 141 g/mol. The van der Waals surface area contributed by atoms with Crippen molar-refractivity contribution in [3.8, 4) is 0 Å². The smallest absolute Gasteiger partial charge is 0.188 e. The van der Waals surface area contributed by atoms with Crippen LogP contribution in [0.25, 0.3) is 0 Å². The molecule has 1 heterocycles. The van der Waals surface area contributed by atoms with E-state index in [1.807, 2.05) is 0 Å². The summed E-state index contributed by atoms with van der Waals surface area (Å²) < 4.78 is 0. The molecule has 3 nitrogen and oxygen atoms in total. The van der Waals surface area contributed by atoms with E-state index in [0.717, 1.165) is 13.0 Å². The van der Waals surface area contributed by atoms with E-state index in [1.165, 1.54) is 0 Å². The maximum atomic E-state index is 5.50. The van der Waals surface area contributed by atoms with Gasteiger partial charge in [-0.1, -0.05) is 13.8 Å². The van der Waals surface area contributed by atoms with E-state index in [0.29, 0.717) is 17.9 Å². The molecule has 2 unspecified atom stereocenters. The Morgan fingerprint density at radius 3 is 3.00 bits per heavy atom. The molecule has 0 aromatic rings. The fourth-order valence-corrected chi connectivity index (χ4v) is 1.25. The molecule has 3 N–H and O–H groups in total. The molecule has 0 radical (unpaired) electrons. The third-order valence-electron chi connectivity index (χ3n) is 2.01. The molecular weight excluding hydrogens is 126 g/mol. The molecule has 0 amide bonds. The molecule has 0 saturated carbocycles. The minimum absolute atomic E-state index is 0.525. The molecule has 1 rings (SSSR count). The zero-order valence-corrected chi connectivity index (χ0v) is 6.59. The zero-order chi connectivity index (χ0) is 7.56. The van der Waals surface area contributed by atoms with Gasteiger partial charge in [-0.15, -0.1) is 0 Å². The summed E-state index contributed by atoms with van der Waals surface area (Å²) in [5.41, 5.74) is 5.50. The van der Waals surface area contributed by atoms with Crippen LogP contribution in [-0.2, 0) is 0 Å². The lowest BCUT2D eigenvalue weighted by atomic mass is 9.99. The summed E-state index contributed by atoms with van der Waals surface area (Å²) >= 11 is 0. The van der Waals surface area contributed by atoms with Gasteiger partial charge in [-0.05, 0) is 12.3 Å². The number of nitrogens with zero attached hydrogens (tertiary/aromatic N) is 1. The number of hydrogen-bond donors (Lipinski definition) is 2. The van der Waals surface area contributed by atoms with Crippen molar-refractivity contribution in [1.29, 1.82) is 0 Å². The van der Waals surface area contributed by atoms with Crippen molar-refractivity contribution in [3.63, 3.8) is 0 Å². The second-order valence-electron chi connectivity index (χ2n) is 2.86. The molecule has 3 heteroatoms. The largest absolute Gasteiger partial charge is 0.370 e. The third-order valence-corrected chi connectivity index (χ3v) is 2.01. The van der Waals surface area contributed by atoms with Crippen LogP contribution in [0.5, 0.6) is 0 Å². The van der Waals surface area contributed by atoms with Gasteiger partial charge in [-0.3, -0.25) is 4.99 Å². The molecule has 0 aliphatic carbocycles. The second-order valence-corrected chi connectivity index (χ2v) is 2.86. The highest BCUT2D eigenvalue weighted by atomic mass is 15.1. The van der Waals surface area contributed by atoms with Gasteiger partial charge < -0.3 is 11.1 Å². The van der Waals surface area contributed by atoms with Gasteiger partial charge in [-0.2, -0.15) is 0 Å². The second kappa shape index (κ2) is 2.90. The first-order valence-electron chi connectivity index (χ1n) is 3.80. The minimum atomic E-state index is 0.525. The molecule has 58 valence electrons. The number of aliphatic imine (C=N–C) groups is 1. The van der Waals surface area contributed by atoms with E-state index < -0.39 is 0 Å². The Bertz CT molecular complexity index is 142. The summed E-state index contributed by atoms with van der Waals surface area (Å²) in [6.45, 7) is 5.22. The molecule has 0 spiro atoms. The van der Waals surface area contributed by atoms with Gasteiger partial charge in [0.2, 0.25) is 0 Å². The first-order valence-corrected chi connectivity index (χ1v) is 3.80. The van der Waals surface area contributed by atoms with E-state index in [-0.39, 0.29) is 0 Å². The highest BCUT2D eigenvalue weighted by Crippen LogP contribution is 2.09. The summed E-state index contributed by atoms with van der Waals surface area (Å²) in [5.74, 6) is 1.22. The van der Waals surface area contributed by atoms with Crippen molar-refractivity contribution in [3.05, 3.63) is 0 Å². The molecular formula is C7H15N3. The average Bonchev–Trinajstić information content (AvgIpc) is 1.94. The van der Waals surface area contributed by atoms with E-state index in [1.54, 1.807) is 0 Å². The summed E-state index contributed by atoms with van der Waals surface area (Å²) in [4.78, 5) is 4.09. The number of hydrogen-bond acceptors (Lipinski definition) is 3. The third kappa shape index (κ3) is 1.40. The van der Waals surface area contributed by atoms with Crippen LogP contribution >= 0.6 is 0 Å². The fraction of sp³-hybridized carbons (Fsp3) is 0.857. The van der Waals surface area contributed by atoms with Gasteiger partial charge in [0.15, 0.2) is 5.96 Å². The van der Waals surface area contributed by atoms with Gasteiger partial charge in [0.05, 0.1) is 0 Å². The molecule has 2 atom stereocenters. The van der Waals surface area contributed by atoms with E-state index in [9.17, 15) is 0 Å². The quantitative estimate of drug-likeness (QED) is 0.552. The van der Waals surface area contributed by atoms with Gasteiger partial charge in [0, 0.05) is 12.6 Å². The number of nitrogens with two attached hydrogens (primary N) is 1. The highest BCUT2D eigenvalue weighted by Gasteiger charge is 2.18. The van der Waals surface area contributed by atoms with Gasteiger partial charge in [-0.25, -0.2) is 0 Å². The Hall–Kier alpha value is -0.730. The number of nitrogens with one attached hydrogen (secondary N) is 1. The topological polar surface area (TPSA) is 50.4 Å². The fourth-order valence-electron chi connectivity index (χ4n) is 1.25. The molecule has 10 heavy (non-hydrogen) atoms. The number of rotatable bonds is 1. The van der Waals surface area contributed by atoms with Crippen molar-refractivity contribution >= 4 is 5.96 Å². The summed E-state index contributed by atoms with van der Waals surface area (Å²) in [5, 5.41) is 3.14. The molecule has 1 aliphatic heterocycles. The molecule has 0 aromatic heterocycles. The van der Waals surface area contributed by atoms with Crippen LogP contribution in [0.3, 0.4) is 0 Å². The van der Waals surface area contributed by atoms with Crippen molar-refractivity contribution in [2.24, 2.45) is 16.6 Å². The van der Waals surface area contributed by atoms with Crippen LogP contribution in [0, 0.1) is 5.92 Å². The number of guanidine groups is 1. The average molecular weight is 141 g/mol. The maximum absolute atomic E-state index is 5.50. The Balaban J connectivity index is 2.53. The molecule has 0 saturated heterocycles. The Morgan fingerprint density at radius 1 is 1.80 bits per heavy atom. The van der Waals surface area contributed by atoms with E-state index in [2.05, 4.69) is 24.2 Å². The summed E-state index contributed by atoms with van der Waals surface area (Å²) in [6.07, 6.45) is 1.12. The van der Waals surface area contributed by atoms with Gasteiger partial charge in [0.25, 0.3) is 0 Å².